The van der Waals surface area contributed by atoms with Gasteiger partial charge in [-0.1, -0.05) is 72.7 Å². The highest BCUT2D eigenvalue weighted by atomic mass is 32.1. The molecule has 1 aliphatic rings. The molecule has 0 unspecified atom stereocenters. The Labute approximate surface area is 266 Å². The molecule has 1 fully saturated rings. The molecule has 4 rings (SSSR count). The van der Waals surface area contributed by atoms with Crippen molar-refractivity contribution >= 4 is 40.9 Å². The van der Waals surface area contributed by atoms with Crippen LogP contribution in [0.5, 0.6) is 0 Å². The van der Waals surface area contributed by atoms with Crippen molar-refractivity contribution in [3.63, 3.8) is 0 Å². The molecule has 1 aromatic heterocycles. The quantitative estimate of drug-likeness (QED) is 0.0804. The molecule has 0 radical (unpaired) electrons. The van der Waals surface area contributed by atoms with E-state index in [1.807, 2.05) is 66.7 Å². The fourth-order valence-corrected chi connectivity index (χ4v) is 6.09. The number of likely N-dealkylation sites (tertiary alicyclic amines) is 1. The van der Waals surface area contributed by atoms with Crippen LogP contribution in [-0.4, -0.2) is 66.3 Å². The SMILES string of the molecule is CCOC(=O)CN[C@@H](C(=O)N1CCC[C@H]1C(=O)NCc1ccc(/C(N)=N/OC(=O)CC)s1)C(c1ccccc1)c1ccccc1. The predicted molar refractivity (Wildman–Crippen MR) is 171 cm³/mol. The summed E-state index contributed by atoms with van der Waals surface area (Å²) in [5.41, 5.74) is 7.74. The van der Waals surface area contributed by atoms with E-state index >= 15 is 0 Å². The lowest BCUT2D eigenvalue weighted by atomic mass is 9.84. The first kappa shape index (κ1) is 33.3. The molecule has 238 valence electrons. The predicted octanol–water partition coefficient (Wildman–Crippen LogP) is 3.28. The third-order valence-corrected chi connectivity index (χ3v) is 8.52. The summed E-state index contributed by atoms with van der Waals surface area (Å²) < 4.78 is 5.14. The van der Waals surface area contributed by atoms with E-state index in [0.717, 1.165) is 16.0 Å². The van der Waals surface area contributed by atoms with Crippen LogP contribution in [-0.2, 0) is 35.3 Å². The van der Waals surface area contributed by atoms with Gasteiger partial charge in [-0.25, -0.2) is 4.79 Å². The van der Waals surface area contributed by atoms with Gasteiger partial charge < -0.3 is 25.5 Å². The number of nitrogens with zero attached hydrogens (tertiary/aromatic N) is 2. The van der Waals surface area contributed by atoms with Gasteiger partial charge in [-0.15, -0.1) is 11.3 Å². The maximum absolute atomic E-state index is 14.4. The molecule has 45 heavy (non-hydrogen) atoms. The minimum Gasteiger partial charge on any atom is -0.465 e. The Morgan fingerprint density at radius 3 is 2.27 bits per heavy atom. The van der Waals surface area contributed by atoms with Crippen LogP contribution in [0.1, 0.15) is 59.9 Å². The van der Waals surface area contributed by atoms with Gasteiger partial charge in [-0.2, -0.15) is 0 Å². The number of oxime groups is 1. The number of carbonyl (C=O) groups is 4. The zero-order valence-corrected chi connectivity index (χ0v) is 26.3. The average Bonchev–Trinajstić information content (AvgIpc) is 3.76. The van der Waals surface area contributed by atoms with Crippen LogP contribution < -0.4 is 16.4 Å². The molecule has 2 heterocycles. The number of nitrogens with one attached hydrogen (secondary N) is 2. The molecule has 0 saturated carbocycles. The van der Waals surface area contributed by atoms with E-state index in [4.69, 9.17) is 15.3 Å². The summed E-state index contributed by atoms with van der Waals surface area (Å²) in [6, 6.07) is 21.3. The Balaban J connectivity index is 1.52. The number of hydrogen-bond donors (Lipinski definition) is 3. The van der Waals surface area contributed by atoms with E-state index in [-0.39, 0.29) is 43.8 Å². The lowest BCUT2D eigenvalue weighted by Gasteiger charge is -2.33. The molecule has 1 aliphatic heterocycles. The Morgan fingerprint density at radius 1 is 0.978 bits per heavy atom. The lowest BCUT2D eigenvalue weighted by molar-refractivity contribution is -0.144. The molecule has 0 bridgehead atoms. The maximum Gasteiger partial charge on any atom is 0.334 e. The van der Waals surface area contributed by atoms with Crippen LogP contribution in [0, 0.1) is 0 Å². The summed E-state index contributed by atoms with van der Waals surface area (Å²) in [6.07, 6.45) is 1.37. The molecule has 11 nitrogen and oxygen atoms in total. The van der Waals surface area contributed by atoms with Gasteiger partial charge in [0.05, 0.1) is 30.6 Å². The zero-order valence-electron chi connectivity index (χ0n) is 25.4. The Morgan fingerprint density at radius 2 is 1.64 bits per heavy atom. The molecule has 12 heteroatoms. The highest BCUT2D eigenvalue weighted by Gasteiger charge is 2.40. The van der Waals surface area contributed by atoms with E-state index in [2.05, 4.69) is 15.8 Å². The van der Waals surface area contributed by atoms with E-state index in [0.29, 0.717) is 24.3 Å². The monoisotopic (exact) mass is 633 g/mol. The van der Waals surface area contributed by atoms with Crippen molar-refractivity contribution in [2.24, 2.45) is 10.9 Å². The number of hydrogen-bond acceptors (Lipinski definition) is 9. The van der Waals surface area contributed by atoms with Crippen LogP contribution in [0.15, 0.2) is 78.0 Å². The van der Waals surface area contributed by atoms with E-state index in [1.165, 1.54) is 11.3 Å². The van der Waals surface area contributed by atoms with Gasteiger partial charge in [0.15, 0.2) is 5.84 Å². The second-order valence-electron chi connectivity index (χ2n) is 10.4. The number of carbonyl (C=O) groups excluding carboxylic acids is 4. The number of ether oxygens (including phenoxy) is 1. The standard InChI is InChI=1S/C33H39N5O6S/c1-3-27(39)44-37-31(34)26-18-17-24(45-26)20-36-32(41)25-16-11-19-38(25)33(42)30(35-21-28(40)43-4-2)29(22-12-7-5-8-13-22)23-14-9-6-10-15-23/h5-10,12-15,17-18,25,29-30,35H,3-4,11,16,19-21H2,1-2H3,(H2,34,37)(H,36,41)/t25-,30+/m0/s1. The van der Waals surface area contributed by atoms with Gasteiger partial charge >= 0.3 is 11.9 Å². The first-order valence-corrected chi connectivity index (χ1v) is 15.8. The smallest absolute Gasteiger partial charge is 0.334 e. The molecule has 3 aromatic rings. The Kier molecular flexibility index (Phi) is 12.2. The second-order valence-corrected chi connectivity index (χ2v) is 11.6. The summed E-state index contributed by atoms with van der Waals surface area (Å²) in [5, 5.41) is 9.80. The number of esters is 1. The van der Waals surface area contributed by atoms with Crippen molar-refractivity contribution in [1.82, 2.24) is 15.5 Å². The maximum atomic E-state index is 14.4. The van der Waals surface area contributed by atoms with E-state index in [9.17, 15) is 19.2 Å². The second kappa shape index (κ2) is 16.5. The Bertz CT molecular complexity index is 1440. The molecular weight excluding hydrogens is 594 g/mol. The number of rotatable bonds is 14. The third-order valence-electron chi connectivity index (χ3n) is 7.41. The number of nitrogens with two attached hydrogens (primary N) is 1. The fourth-order valence-electron chi connectivity index (χ4n) is 5.25. The first-order chi connectivity index (χ1) is 21.8. The summed E-state index contributed by atoms with van der Waals surface area (Å²) >= 11 is 1.31. The van der Waals surface area contributed by atoms with Gasteiger partial charge in [0.1, 0.15) is 6.04 Å². The van der Waals surface area contributed by atoms with Crippen LogP contribution in [0.4, 0.5) is 0 Å². The first-order valence-electron chi connectivity index (χ1n) is 15.0. The molecule has 2 amide bonds. The average molecular weight is 634 g/mol. The zero-order chi connectivity index (χ0) is 32.2. The van der Waals surface area contributed by atoms with Crippen molar-refractivity contribution in [1.29, 1.82) is 0 Å². The van der Waals surface area contributed by atoms with Crippen molar-refractivity contribution < 1.29 is 28.8 Å². The van der Waals surface area contributed by atoms with Crippen LogP contribution >= 0.6 is 11.3 Å². The van der Waals surface area contributed by atoms with Gasteiger partial charge in [-0.05, 0) is 43.0 Å². The lowest BCUT2D eigenvalue weighted by Crippen LogP contribution is -2.55. The normalized spacial score (nSPS) is 15.5. The number of benzene rings is 2. The van der Waals surface area contributed by atoms with Crippen molar-refractivity contribution in [2.75, 3.05) is 19.7 Å². The van der Waals surface area contributed by atoms with E-state index < -0.39 is 29.9 Å². The summed E-state index contributed by atoms with van der Waals surface area (Å²) in [6.45, 7) is 4.10. The van der Waals surface area contributed by atoms with Crippen molar-refractivity contribution in [2.45, 2.75) is 57.7 Å². The largest absolute Gasteiger partial charge is 0.465 e. The topological polar surface area (TPSA) is 152 Å². The van der Waals surface area contributed by atoms with Gasteiger partial charge in [0.2, 0.25) is 11.8 Å². The number of amides is 2. The summed E-state index contributed by atoms with van der Waals surface area (Å²) in [4.78, 5) is 59.4. The van der Waals surface area contributed by atoms with Gasteiger partial charge in [-0.3, -0.25) is 19.7 Å². The van der Waals surface area contributed by atoms with Crippen LogP contribution in [0.3, 0.4) is 0 Å². The Hall–Kier alpha value is -4.55. The van der Waals surface area contributed by atoms with E-state index in [1.54, 1.807) is 24.8 Å². The van der Waals surface area contributed by atoms with Gasteiger partial charge in [0, 0.05) is 23.8 Å². The summed E-state index contributed by atoms with van der Waals surface area (Å²) in [5.74, 6) is -1.84. The summed E-state index contributed by atoms with van der Waals surface area (Å²) in [7, 11) is 0. The van der Waals surface area contributed by atoms with Gasteiger partial charge in [0.25, 0.3) is 0 Å². The third kappa shape index (κ3) is 8.99. The molecule has 0 spiro atoms. The number of thiophene rings is 1. The minimum atomic E-state index is -0.837. The van der Waals surface area contributed by atoms with Crippen LogP contribution in [0.2, 0.25) is 0 Å². The van der Waals surface area contributed by atoms with Crippen molar-refractivity contribution in [3.05, 3.63) is 93.7 Å². The molecule has 4 N–H and O–H groups in total. The fraction of sp³-hybridized carbons (Fsp3) is 0.364. The number of amidine groups is 1. The van der Waals surface area contributed by atoms with Crippen LogP contribution in [0.25, 0.3) is 0 Å². The molecule has 0 aliphatic carbocycles. The molecular formula is C33H39N5O6S. The molecule has 1 saturated heterocycles. The minimum absolute atomic E-state index is 0.0692. The highest BCUT2D eigenvalue weighted by molar-refractivity contribution is 7.14. The molecule has 2 aromatic carbocycles. The molecule has 2 atom stereocenters. The highest BCUT2D eigenvalue weighted by Crippen LogP contribution is 2.31. The van der Waals surface area contributed by atoms with Crippen molar-refractivity contribution in [3.8, 4) is 0 Å².